The fourth-order valence-corrected chi connectivity index (χ4v) is 6.17. The van der Waals surface area contributed by atoms with Crippen LogP contribution in [0.4, 0.5) is 0 Å². The predicted octanol–water partition coefficient (Wildman–Crippen LogP) is 7.61. The Hall–Kier alpha value is -2.76. The van der Waals surface area contributed by atoms with E-state index in [-0.39, 0.29) is 17.9 Å². The number of amides is 2. The molecule has 1 aliphatic rings. The van der Waals surface area contributed by atoms with E-state index in [1.807, 2.05) is 71.6 Å². The second-order valence-electron chi connectivity index (χ2n) is 10.5. The lowest BCUT2D eigenvalue weighted by Crippen LogP contribution is -2.52. The van der Waals surface area contributed by atoms with Gasteiger partial charge in [0.1, 0.15) is 6.04 Å². The quantitative estimate of drug-likeness (QED) is 0.182. The Morgan fingerprint density at radius 3 is 2.38 bits per heavy atom. The van der Waals surface area contributed by atoms with E-state index in [1.54, 1.807) is 11.8 Å². The van der Waals surface area contributed by atoms with Crippen LogP contribution in [-0.4, -0.2) is 34.6 Å². The van der Waals surface area contributed by atoms with E-state index in [1.165, 1.54) is 6.42 Å². The molecule has 206 valence electrons. The van der Waals surface area contributed by atoms with Gasteiger partial charge >= 0.3 is 0 Å². The number of carbonyl (C=O) groups is 2. The van der Waals surface area contributed by atoms with Crippen LogP contribution in [0.15, 0.2) is 83.8 Å². The molecule has 0 aromatic heterocycles. The van der Waals surface area contributed by atoms with Gasteiger partial charge in [0.2, 0.25) is 11.8 Å². The van der Waals surface area contributed by atoms with Crippen LogP contribution in [0.1, 0.15) is 61.6 Å². The first-order valence-corrected chi connectivity index (χ1v) is 15.4. The molecule has 1 fully saturated rings. The average molecular weight is 563 g/mol. The maximum atomic E-state index is 13.8. The lowest BCUT2D eigenvalue weighted by atomic mass is 9.94. The third-order valence-corrected chi connectivity index (χ3v) is 8.63. The summed E-state index contributed by atoms with van der Waals surface area (Å²) >= 11 is 7.73. The highest BCUT2D eigenvalue weighted by atomic mass is 35.5. The first-order valence-electron chi connectivity index (χ1n) is 14.1. The van der Waals surface area contributed by atoms with Gasteiger partial charge in [-0.1, -0.05) is 91.0 Å². The lowest BCUT2D eigenvalue weighted by Gasteiger charge is -2.33. The molecule has 0 unspecified atom stereocenters. The summed E-state index contributed by atoms with van der Waals surface area (Å²) in [5.74, 6) is 0.804. The van der Waals surface area contributed by atoms with Gasteiger partial charge < -0.3 is 10.2 Å². The van der Waals surface area contributed by atoms with Crippen LogP contribution in [0.2, 0.25) is 5.02 Å². The smallest absolute Gasteiger partial charge is 0.243 e. The molecule has 1 saturated carbocycles. The summed E-state index contributed by atoms with van der Waals surface area (Å²) in [5, 5.41) is 4.04. The zero-order chi connectivity index (χ0) is 27.5. The van der Waals surface area contributed by atoms with Crippen LogP contribution in [-0.2, 0) is 22.6 Å². The maximum absolute atomic E-state index is 13.8. The van der Waals surface area contributed by atoms with E-state index < -0.39 is 6.04 Å². The minimum atomic E-state index is -0.564. The summed E-state index contributed by atoms with van der Waals surface area (Å²) < 4.78 is 0. The molecule has 0 aliphatic heterocycles. The fourth-order valence-electron chi connectivity index (χ4n) is 5.19. The molecule has 1 N–H and O–H groups in total. The SMILES string of the molecule is Cc1cccc(CN(C(=O)CCCSc2ccc(Cl)cc2)[C@H](Cc2ccccc2)C(=O)NC2CCCCC2)c1. The molecular formula is C33H39ClN2O2S. The van der Waals surface area contributed by atoms with Crippen LogP contribution < -0.4 is 5.32 Å². The number of carbonyl (C=O) groups excluding carboxylic acids is 2. The van der Waals surface area contributed by atoms with Crippen LogP contribution in [0.3, 0.4) is 0 Å². The Labute approximate surface area is 242 Å². The second-order valence-corrected chi connectivity index (χ2v) is 12.1. The minimum Gasteiger partial charge on any atom is -0.352 e. The van der Waals surface area contributed by atoms with Crippen molar-refractivity contribution in [3.05, 3.63) is 101 Å². The number of rotatable bonds is 12. The number of halogens is 1. The Balaban J connectivity index is 1.51. The number of aryl methyl sites for hydroxylation is 1. The summed E-state index contributed by atoms with van der Waals surface area (Å²) in [4.78, 5) is 30.6. The second kappa shape index (κ2) is 15.1. The van der Waals surface area contributed by atoms with Crippen LogP contribution in [0.5, 0.6) is 0 Å². The molecule has 1 aliphatic carbocycles. The fraction of sp³-hybridized carbons (Fsp3) is 0.394. The van der Waals surface area contributed by atoms with Crippen molar-refractivity contribution in [3.63, 3.8) is 0 Å². The van der Waals surface area contributed by atoms with Gasteiger partial charge in [0.05, 0.1) is 0 Å². The van der Waals surface area contributed by atoms with Crippen LogP contribution >= 0.6 is 23.4 Å². The van der Waals surface area contributed by atoms with Gasteiger partial charge in [-0.2, -0.15) is 0 Å². The normalized spacial score (nSPS) is 14.5. The molecule has 0 spiro atoms. The van der Waals surface area contributed by atoms with Crippen molar-refractivity contribution >= 4 is 35.2 Å². The largest absolute Gasteiger partial charge is 0.352 e. The van der Waals surface area contributed by atoms with E-state index in [0.717, 1.165) is 64.5 Å². The number of hydrogen-bond acceptors (Lipinski definition) is 3. The van der Waals surface area contributed by atoms with E-state index in [9.17, 15) is 9.59 Å². The number of benzene rings is 3. The van der Waals surface area contributed by atoms with Crippen molar-refractivity contribution in [2.24, 2.45) is 0 Å². The molecule has 0 bridgehead atoms. The van der Waals surface area contributed by atoms with Crippen molar-refractivity contribution < 1.29 is 9.59 Å². The van der Waals surface area contributed by atoms with Gasteiger partial charge in [-0.3, -0.25) is 9.59 Å². The third kappa shape index (κ3) is 9.44. The maximum Gasteiger partial charge on any atom is 0.243 e. The Bertz CT molecular complexity index is 1200. The molecule has 3 aromatic carbocycles. The van der Waals surface area contributed by atoms with Gasteiger partial charge in [-0.15, -0.1) is 11.8 Å². The summed E-state index contributed by atoms with van der Waals surface area (Å²) in [5.41, 5.74) is 3.24. The third-order valence-electron chi connectivity index (χ3n) is 7.28. The number of nitrogens with one attached hydrogen (secondary N) is 1. The van der Waals surface area contributed by atoms with E-state index >= 15 is 0 Å². The van der Waals surface area contributed by atoms with E-state index in [0.29, 0.717) is 19.4 Å². The van der Waals surface area contributed by atoms with Crippen molar-refractivity contribution in [1.82, 2.24) is 10.2 Å². The van der Waals surface area contributed by atoms with Gasteiger partial charge in [-0.25, -0.2) is 0 Å². The van der Waals surface area contributed by atoms with Crippen molar-refractivity contribution in [2.75, 3.05) is 5.75 Å². The molecule has 4 nitrogen and oxygen atoms in total. The molecule has 0 radical (unpaired) electrons. The van der Waals surface area contributed by atoms with Gasteiger partial charge in [-0.05, 0) is 67.3 Å². The molecule has 2 amide bonds. The first-order chi connectivity index (χ1) is 19.0. The monoisotopic (exact) mass is 562 g/mol. The Morgan fingerprint density at radius 2 is 1.67 bits per heavy atom. The molecule has 4 rings (SSSR count). The number of thioether (sulfide) groups is 1. The Morgan fingerprint density at radius 1 is 0.949 bits per heavy atom. The molecule has 0 heterocycles. The van der Waals surface area contributed by atoms with Crippen molar-refractivity contribution in [2.45, 2.75) is 81.8 Å². The molecule has 3 aromatic rings. The summed E-state index contributed by atoms with van der Waals surface area (Å²) in [6, 6.07) is 25.7. The predicted molar refractivity (Wildman–Crippen MR) is 162 cm³/mol. The Kier molecular flexibility index (Phi) is 11.3. The summed E-state index contributed by atoms with van der Waals surface area (Å²) in [6.07, 6.45) is 7.17. The lowest BCUT2D eigenvalue weighted by molar-refractivity contribution is -0.141. The molecule has 1 atom stereocenters. The standard InChI is InChI=1S/C33H39ClN2O2S/c1-25-10-8-13-27(22-25)24-36(32(37)16-9-21-39-30-19-17-28(34)18-20-30)31(23-26-11-4-2-5-12-26)33(38)35-29-14-6-3-7-15-29/h2,4-5,8,10-13,17-20,22,29,31H,3,6-7,9,14-16,21,23-24H2,1H3,(H,35,38)/t31-/m1/s1. The highest BCUT2D eigenvalue weighted by Gasteiger charge is 2.31. The zero-order valence-corrected chi connectivity index (χ0v) is 24.4. The summed E-state index contributed by atoms with van der Waals surface area (Å²) in [7, 11) is 0. The number of nitrogens with zero attached hydrogens (tertiary/aromatic N) is 1. The minimum absolute atomic E-state index is 0.0212. The molecule has 6 heteroatoms. The van der Waals surface area contributed by atoms with Crippen LogP contribution in [0, 0.1) is 6.92 Å². The molecule has 0 saturated heterocycles. The topological polar surface area (TPSA) is 49.4 Å². The highest BCUT2D eigenvalue weighted by molar-refractivity contribution is 7.99. The van der Waals surface area contributed by atoms with Gasteiger partial charge in [0.25, 0.3) is 0 Å². The van der Waals surface area contributed by atoms with Crippen molar-refractivity contribution in [3.8, 4) is 0 Å². The van der Waals surface area contributed by atoms with Gasteiger partial charge in [0.15, 0.2) is 0 Å². The molecular weight excluding hydrogens is 524 g/mol. The first kappa shape index (κ1) is 29.2. The zero-order valence-electron chi connectivity index (χ0n) is 22.8. The van der Waals surface area contributed by atoms with E-state index in [4.69, 9.17) is 11.6 Å². The number of hydrogen-bond donors (Lipinski definition) is 1. The summed E-state index contributed by atoms with van der Waals surface area (Å²) in [6.45, 7) is 2.47. The van der Waals surface area contributed by atoms with Gasteiger partial charge in [0, 0.05) is 35.3 Å². The average Bonchev–Trinajstić information content (AvgIpc) is 2.95. The highest BCUT2D eigenvalue weighted by Crippen LogP contribution is 2.23. The van der Waals surface area contributed by atoms with E-state index in [2.05, 4.69) is 24.4 Å². The van der Waals surface area contributed by atoms with Crippen LogP contribution in [0.25, 0.3) is 0 Å². The van der Waals surface area contributed by atoms with Crippen molar-refractivity contribution in [1.29, 1.82) is 0 Å². The molecule has 39 heavy (non-hydrogen) atoms.